The Morgan fingerprint density at radius 1 is 1.35 bits per heavy atom. The molecule has 23 heavy (non-hydrogen) atoms. The van der Waals surface area contributed by atoms with Crippen LogP contribution >= 0.6 is 0 Å². The minimum absolute atomic E-state index is 0.218. The molecule has 0 saturated heterocycles. The normalized spacial score (nSPS) is 10.5. The maximum absolute atomic E-state index is 11.9. The van der Waals surface area contributed by atoms with Gasteiger partial charge in [0.2, 0.25) is 0 Å². The van der Waals surface area contributed by atoms with Crippen LogP contribution in [0.2, 0.25) is 0 Å². The molecule has 0 bridgehead atoms. The number of pyridine rings is 1. The highest BCUT2D eigenvalue weighted by molar-refractivity contribution is 5.99. The third-order valence-corrected chi connectivity index (χ3v) is 3.17. The summed E-state index contributed by atoms with van der Waals surface area (Å²) in [5.74, 6) is -1.67. The van der Waals surface area contributed by atoms with Crippen LogP contribution in [0, 0.1) is 0 Å². The number of benzene rings is 1. The van der Waals surface area contributed by atoms with Gasteiger partial charge < -0.3 is 20.3 Å². The Morgan fingerprint density at radius 2 is 2.13 bits per heavy atom. The Kier molecular flexibility index (Phi) is 5.35. The summed E-state index contributed by atoms with van der Waals surface area (Å²) in [6.07, 6.45) is 1.91. The number of nitrogens with one attached hydrogen (secondary N) is 1. The van der Waals surface area contributed by atoms with Gasteiger partial charge in [0.05, 0.1) is 12.1 Å². The minimum atomic E-state index is -1.18. The second-order valence-corrected chi connectivity index (χ2v) is 4.96. The Bertz CT molecular complexity index is 730. The van der Waals surface area contributed by atoms with E-state index in [2.05, 4.69) is 17.2 Å². The van der Waals surface area contributed by atoms with E-state index in [-0.39, 0.29) is 11.4 Å². The molecule has 1 heterocycles. The quantitative estimate of drug-likeness (QED) is 0.673. The number of aromatic nitrogens is 1. The number of unbranched alkanes of at least 4 members (excludes halogenated alkanes) is 1. The van der Waals surface area contributed by atoms with Gasteiger partial charge in [0, 0.05) is 5.39 Å². The van der Waals surface area contributed by atoms with Crippen LogP contribution in [0.1, 0.15) is 30.3 Å². The second-order valence-electron chi connectivity index (χ2n) is 4.96. The summed E-state index contributed by atoms with van der Waals surface area (Å²) in [6.45, 7) is 2.07. The van der Waals surface area contributed by atoms with E-state index < -0.39 is 18.4 Å². The lowest BCUT2D eigenvalue weighted by atomic mass is 10.1. The van der Waals surface area contributed by atoms with Gasteiger partial charge in [-0.1, -0.05) is 19.4 Å². The zero-order chi connectivity index (χ0) is 16.8. The standard InChI is InChI=1S/C16H18N2O5/c1-2-3-7-23-13-6-4-5-11-10(13)8-12(19)15(18-11)16(22)17-9-14(20)21/h4-6,8,19H,2-3,7,9H2,1H3,(H,17,22)(H,20,21). The van der Waals surface area contributed by atoms with Crippen molar-refractivity contribution >= 4 is 22.8 Å². The fraction of sp³-hybridized carbons (Fsp3) is 0.312. The molecule has 0 aliphatic rings. The van der Waals surface area contributed by atoms with E-state index in [1.807, 2.05) is 0 Å². The van der Waals surface area contributed by atoms with Crippen molar-refractivity contribution in [2.45, 2.75) is 19.8 Å². The Hall–Kier alpha value is -2.83. The van der Waals surface area contributed by atoms with Crippen LogP contribution in [-0.4, -0.2) is 40.2 Å². The van der Waals surface area contributed by atoms with E-state index in [9.17, 15) is 14.7 Å². The number of carbonyl (C=O) groups excluding carboxylic acids is 1. The number of amides is 1. The lowest BCUT2D eigenvalue weighted by Gasteiger charge is -2.10. The maximum Gasteiger partial charge on any atom is 0.322 e. The number of rotatable bonds is 7. The van der Waals surface area contributed by atoms with E-state index >= 15 is 0 Å². The summed E-state index contributed by atoms with van der Waals surface area (Å²) >= 11 is 0. The summed E-state index contributed by atoms with van der Waals surface area (Å²) in [5, 5.41) is 21.4. The van der Waals surface area contributed by atoms with Crippen LogP contribution in [0.15, 0.2) is 24.3 Å². The number of ether oxygens (including phenoxy) is 1. The third kappa shape index (κ3) is 4.09. The summed E-state index contributed by atoms with van der Waals surface area (Å²) in [5.41, 5.74) is 0.265. The van der Waals surface area contributed by atoms with Crippen LogP contribution < -0.4 is 10.1 Å². The average Bonchev–Trinajstić information content (AvgIpc) is 2.52. The molecule has 0 aliphatic heterocycles. The molecule has 1 amide bonds. The first-order valence-corrected chi connectivity index (χ1v) is 7.28. The zero-order valence-electron chi connectivity index (χ0n) is 12.7. The average molecular weight is 318 g/mol. The number of hydrogen-bond donors (Lipinski definition) is 3. The summed E-state index contributed by atoms with van der Waals surface area (Å²) in [6, 6.07) is 6.60. The SMILES string of the molecule is CCCCOc1cccc2nc(C(=O)NCC(=O)O)c(O)cc12. The van der Waals surface area contributed by atoms with Crippen molar-refractivity contribution in [2.75, 3.05) is 13.2 Å². The molecule has 0 fully saturated rings. The molecule has 0 aliphatic carbocycles. The van der Waals surface area contributed by atoms with Crippen LogP contribution in [0.5, 0.6) is 11.5 Å². The van der Waals surface area contributed by atoms with Crippen LogP contribution in [0.25, 0.3) is 10.9 Å². The van der Waals surface area contributed by atoms with E-state index in [0.717, 1.165) is 12.8 Å². The maximum atomic E-state index is 11.9. The summed E-state index contributed by atoms with van der Waals surface area (Å²) in [4.78, 5) is 26.5. The first kappa shape index (κ1) is 16.5. The Balaban J connectivity index is 2.31. The molecule has 0 spiro atoms. The Morgan fingerprint density at radius 3 is 2.83 bits per heavy atom. The molecule has 0 atom stereocenters. The molecule has 2 aromatic rings. The largest absolute Gasteiger partial charge is 0.505 e. The number of carbonyl (C=O) groups is 2. The fourth-order valence-electron chi connectivity index (χ4n) is 2.02. The predicted molar refractivity (Wildman–Crippen MR) is 83.8 cm³/mol. The van der Waals surface area contributed by atoms with Gasteiger partial charge in [-0.2, -0.15) is 0 Å². The smallest absolute Gasteiger partial charge is 0.322 e. The molecule has 2 rings (SSSR count). The second kappa shape index (κ2) is 7.44. The summed E-state index contributed by atoms with van der Waals surface area (Å²) in [7, 11) is 0. The van der Waals surface area contributed by atoms with Gasteiger partial charge in [0.25, 0.3) is 5.91 Å². The molecule has 1 aromatic carbocycles. The van der Waals surface area contributed by atoms with Crippen molar-refractivity contribution in [3.05, 3.63) is 30.0 Å². The highest BCUT2D eigenvalue weighted by atomic mass is 16.5. The lowest BCUT2D eigenvalue weighted by molar-refractivity contribution is -0.135. The van der Waals surface area contributed by atoms with Gasteiger partial charge in [-0.05, 0) is 24.6 Å². The van der Waals surface area contributed by atoms with Crippen molar-refractivity contribution in [3.8, 4) is 11.5 Å². The van der Waals surface area contributed by atoms with E-state index in [0.29, 0.717) is 23.3 Å². The van der Waals surface area contributed by atoms with Gasteiger partial charge in [-0.3, -0.25) is 9.59 Å². The van der Waals surface area contributed by atoms with Crippen molar-refractivity contribution in [1.29, 1.82) is 0 Å². The number of aliphatic carboxylic acids is 1. The number of aromatic hydroxyl groups is 1. The topological polar surface area (TPSA) is 109 Å². The van der Waals surface area contributed by atoms with E-state index in [1.165, 1.54) is 6.07 Å². The van der Waals surface area contributed by atoms with Gasteiger partial charge in [0.15, 0.2) is 5.69 Å². The third-order valence-electron chi connectivity index (χ3n) is 3.17. The molecular formula is C16H18N2O5. The van der Waals surface area contributed by atoms with Gasteiger partial charge in [0.1, 0.15) is 18.0 Å². The molecular weight excluding hydrogens is 300 g/mol. The van der Waals surface area contributed by atoms with Gasteiger partial charge in [-0.15, -0.1) is 0 Å². The van der Waals surface area contributed by atoms with E-state index in [1.54, 1.807) is 18.2 Å². The molecule has 1 aromatic heterocycles. The van der Waals surface area contributed by atoms with Crippen molar-refractivity contribution in [3.63, 3.8) is 0 Å². The number of nitrogens with zero attached hydrogens (tertiary/aromatic N) is 1. The fourth-order valence-corrected chi connectivity index (χ4v) is 2.02. The van der Waals surface area contributed by atoms with Crippen LogP contribution in [0.3, 0.4) is 0 Å². The van der Waals surface area contributed by atoms with E-state index in [4.69, 9.17) is 9.84 Å². The Labute approximate surface area is 132 Å². The first-order valence-electron chi connectivity index (χ1n) is 7.28. The predicted octanol–water partition coefficient (Wildman–Crippen LogP) is 1.93. The van der Waals surface area contributed by atoms with Gasteiger partial charge in [-0.25, -0.2) is 4.98 Å². The minimum Gasteiger partial charge on any atom is -0.505 e. The highest BCUT2D eigenvalue weighted by Crippen LogP contribution is 2.29. The van der Waals surface area contributed by atoms with Crippen molar-refractivity contribution in [2.24, 2.45) is 0 Å². The summed E-state index contributed by atoms with van der Waals surface area (Å²) < 4.78 is 5.66. The molecule has 122 valence electrons. The van der Waals surface area contributed by atoms with Crippen molar-refractivity contribution < 1.29 is 24.5 Å². The number of fused-ring (bicyclic) bond motifs is 1. The van der Waals surface area contributed by atoms with Crippen LogP contribution in [-0.2, 0) is 4.79 Å². The lowest BCUT2D eigenvalue weighted by Crippen LogP contribution is -2.29. The number of carboxylic acid groups (broad SMARTS) is 1. The molecule has 3 N–H and O–H groups in total. The zero-order valence-corrected chi connectivity index (χ0v) is 12.7. The van der Waals surface area contributed by atoms with Crippen LogP contribution in [0.4, 0.5) is 0 Å². The molecule has 0 radical (unpaired) electrons. The molecule has 0 saturated carbocycles. The number of carboxylic acids is 1. The monoisotopic (exact) mass is 318 g/mol. The highest BCUT2D eigenvalue weighted by Gasteiger charge is 2.16. The molecule has 7 heteroatoms. The van der Waals surface area contributed by atoms with Gasteiger partial charge >= 0.3 is 5.97 Å². The first-order chi connectivity index (χ1) is 11.0. The van der Waals surface area contributed by atoms with Crippen molar-refractivity contribution in [1.82, 2.24) is 10.3 Å². The molecule has 7 nitrogen and oxygen atoms in total. The molecule has 0 unspecified atom stereocenters. The number of hydrogen-bond acceptors (Lipinski definition) is 5.